The van der Waals surface area contributed by atoms with E-state index >= 15 is 0 Å². The fourth-order valence-corrected chi connectivity index (χ4v) is 3.03. The number of halogens is 3. The number of rotatable bonds is 4. The SMILES string of the molecule is C[C@@H]1CCCCN1C(=O)CCC(=O)Nc1nnc(C(F)(F)F)s1. The van der Waals surface area contributed by atoms with Crippen molar-refractivity contribution in [3.63, 3.8) is 0 Å². The highest BCUT2D eigenvalue weighted by Gasteiger charge is 2.35. The number of aromatic nitrogens is 2. The summed E-state index contributed by atoms with van der Waals surface area (Å²) in [5, 5.41) is 7.14. The fourth-order valence-electron chi connectivity index (χ4n) is 2.40. The van der Waals surface area contributed by atoms with Crippen molar-refractivity contribution in [3.8, 4) is 0 Å². The normalized spacial score (nSPS) is 18.8. The second kappa shape index (κ2) is 7.24. The molecule has 0 spiro atoms. The van der Waals surface area contributed by atoms with Gasteiger partial charge in [0.2, 0.25) is 22.0 Å². The third-order valence-electron chi connectivity index (χ3n) is 3.60. The van der Waals surface area contributed by atoms with E-state index in [0.29, 0.717) is 6.54 Å². The number of carbonyl (C=O) groups is 2. The van der Waals surface area contributed by atoms with Crippen LogP contribution in [0.5, 0.6) is 0 Å². The standard InChI is InChI=1S/C13H17F3N4O2S/c1-8-4-2-3-7-20(8)10(22)6-5-9(21)17-12-19-18-11(23-12)13(14,15)16/h8H,2-7H2,1H3,(H,17,19,21)/t8-/m1/s1. The molecule has 2 rings (SSSR count). The van der Waals surface area contributed by atoms with E-state index in [4.69, 9.17) is 0 Å². The van der Waals surface area contributed by atoms with Crippen LogP contribution in [0.1, 0.15) is 44.0 Å². The summed E-state index contributed by atoms with van der Waals surface area (Å²) in [7, 11) is 0. The Balaban J connectivity index is 1.81. The van der Waals surface area contributed by atoms with Crippen LogP contribution >= 0.6 is 11.3 Å². The summed E-state index contributed by atoms with van der Waals surface area (Å²) in [4.78, 5) is 25.5. The topological polar surface area (TPSA) is 75.2 Å². The smallest absolute Gasteiger partial charge is 0.340 e. The first kappa shape index (κ1) is 17.6. The molecule has 128 valence electrons. The number of nitrogens with zero attached hydrogens (tertiary/aromatic N) is 3. The summed E-state index contributed by atoms with van der Waals surface area (Å²) >= 11 is 0.256. The molecular weight excluding hydrogens is 333 g/mol. The van der Waals surface area contributed by atoms with E-state index in [1.165, 1.54) is 0 Å². The largest absolute Gasteiger partial charge is 0.445 e. The van der Waals surface area contributed by atoms with Gasteiger partial charge in [0.1, 0.15) is 0 Å². The molecular formula is C13H17F3N4O2S. The maximum absolute atomic E-state index is 12.4. The number of anilines is 1. The first-order valence-corrected chi connectivity index (χ1v) is 8.09. The molecule has 10 heteroatoms. The summed E-state index contributed by atoms with van der Waals surface area (Å²) < 4.78 is 37.1. The lowest BCUT2D eigenvalue weighted by Gasteiger charge is -2.33. The highest BCUT2D eigenvalue weighted by atomic mass is 32.1. The molecule has 23 heavy (non-hydrogen) atoms. The number of alkyl halides is 3. The van der Waals surface area contributed by atoms with Gasteiger partial charge >= 0.3 is 6.18 Å². The van der Waals surface area contributed by atoms with Gasteiger partial charge in [0.25, 0.3) is 0 Å². The monoisotopic (exact) mass is 350 g/mol. The Bertz CT molecular complexity index is 576. The Morgan fingerprint density at radius 1 is 1.30 bits per heavy atom. The maximum Gasteiger partial charge on any atom is 0.445 e. The van der Waals surface area contributed by atoms with Crippen LogP contribution in [0, 0.1) is 0 Å². The third kappa shape index (κ3) is 4.88. The van der Waals surface area contributed by atoms with E-state index in [-0.39, 0.29) is 41.3 Å². The van der Waals surface area contributed by atoms with E-state index < -0.39 is 17.1 Å². The number of hydrogen-bond acceptors (Lipinski definition) is 5. The van der Waals surface area contributed by atoms with Crippen LogP contribution in [-0.4, -0.2) is 39.5 Å². The Hall–Kier alpha value is -1.71. The van der Waals surface area contributed by atoms with Crippen molar-refractivity contribution < 1.29 is 22.8 Å². The van der Waals surface area contributed by atoms with Crippen LogP contribution in [-0.2, 0) is 15.8 Å². The van der Waals surface area contributed by atoms with Crippen molar-refractivity contribution in [3.05, 3.63) is 5.01 Å². The van der Waals surface area contributed by atoms with Crippen molar-refractivity contribution in [1.29, 1.82) is 0 Å². The first-order valence-electron chi connectivity index (χ1n) is 7.27. The zero-order valence-corrected chi connectivity index (χ0v) is 13.3. The molecule has 1 fully saturated rings. The predicted octanol–water partition coefficient (Wildman–Crippen LogP) is 2.68. The average molecular weight is 350 g/mol. The van der Waals surface area contributed by atoms with Gasteiger partial charge in [-0.2, -0.15) is 13.2 Å². The quantitative estimate of drug-likeness (QED) is 0.906. The number of nitrogens with one attached hydrogen (secondary N) is 1. The Kier molecular flexibility index (Phi) is 5.55. The number of likely N-dealkylation sites (tertiary alicyclic amines) is 1. The fraction of sp³-hybridized carbons (Fsp3) is 0.692. The third-order valence-corrected chi connectivity index (χ3v) is 4.49. The van der Waals surface area contributed by atoms with Crippen molar-refractivity contribution >= 4 is 28.3 Å². The number of hydrogen-bond donors (Lipinski definition) is 1. The summed E-state index contributed by atoms with van der Waals surface area (Å²) in [5.41, 5.74) is 0. The van der Waals surface area contributed by atoms with E-state index in [1.54, 1.807) is 4.90 Å². The minimum atomic E-state index is -4.58. The van der Waals surface area contributed by atoms with Crippen LogP contribution < -0.4 is 5.32 Å². The second-order valence-corrected chi connectivity index (χ2v) is 6.37. The lowest BCUT2D eigenvalue weighted by molar-refractivity contribution is -0.138. The molecule has 0 saturated carbocycles. The molecule has 1 aromatic heterocycles. The van der Waals surface area contributed by atoms with Gasteiger partial charge in [0.05, 0.1) is 0 Å². The van der Waals surface area contributed by atoms with E-state index in [2.05, 4.69) is 15.5 Å². The zero-order chi connectivity index (χ0) is 17.0. The summed E-state index contributed by atoms with van der Waals surface area (Å²) in [6.07, 6.45) is -1.66. The number of amides is 2. The Morgan fingerprint density at radius 3 is 2.65 bits per heavy atom. The number of carbonyl (C=O) groups excluding carboxylic acids is 2. The van der Waals surface area contributed by atoms with Crippen molar-refractivity contribution in [2.45, 2.75) is 51.2 Å². The summed E-state index contributed by atoms with van der Waals surface area (Å²) in [6, 6.07) is 0.164. The Labute approximate surface area is 135 Å². The molecule has 2 heterocycles. The summed E-state index contributed by atoms with van der Waals surface area (Å²) in [6.45, 7) is 2.66. The van der Waals surface area contributed by atoms with Crippen LogP contribution in [0.4, 0.5) is 18.3 Å². The highest BCUT2D eigenvalue weighted by molar-refractivity contribution is 7.15. The van der Waals surface area contributed by atoms with Gasteiger partial charge in [-0.05, 0) is 26.2 Å². The van der Waals surface area contributed by atoms with Gasteiger partial charge in [-0.25, -0.2) is 0 Å². The molecule has 1 aromatic rings. The minimum Gasteiger partial charge on any atom is -0.340 e. The molecule has 1 saturated heterocycles. The molecule has 1 N–H and O–H groups in total. The van der Waals surface area contributed by atoms with Crippen molar-refractivity contribution in [2.75, 3.05) is 11.9 Å². The lowest BCUT2D eigenvalue weighted by atomic mass is 10.0. The zero-order valence-electron chi connectivity index (χ0n) is 12.5. The molecule has 0 bridgehead atoms. The molecule has 1 aliphatic rings. The van der Waals surface area contributed by atoms with Crippen molar-refractivity contribution in [1.82, 2.24) is 15.1 Å². The van der Waals surface area contributed by atoms with Crippen LogP contribution in [0.15, 0.2) is 0 Å². The van der Waals surface area contributed by atoms with E-state index in [9.17, 15) is 22.8 Å². The lowest BCUT2D eigenvalue weighted by Crippen LogP contribution is -2.42. The van der Waals surface area contributed by atoms with E-state index in [1.807, 2.05) is 6.92 Å². The summed E-state index contributed by atoms with van der Waals surface area (Å²) in [5.74, 6) is -0.659. The van der Waals surface area contributed by atoms with Crippen molar-refractivity contribution in [2.24, 2.45) is 0 Å². The molecule has 0 aliphatic carbocycles. The Morgan fingerprint density at radius 2 is 2.04 bits per heavy atom. The second-order valence-electron chi connectivity index (χ2n) is 5.39. The first-order chi connectivity index (χ1) is 10.8. The van der Waals surface area contributed by atoms with E-state index in [0.717, 1.165) is 19.3 Å². The molecule has 0 aromatic carbocycles. The maximum atomic E-state index is 12.4. The molecule has 6 nitrogen and oxygen atoms in total. The van der Waals surface area contributed by atoms with Gasteiger partial charge < -0.3 is 10.2 Å². The molecule has 1 aliphatic heterocycles. The van der Waals surface area contributed by atoms with Crippen LogP contribution in [0.25, 0.3) is 0 Å². The van der Waals surface area contributed by atoms with Gasteiger partial charge in [-0.1, -0.05) is 11.3 Å². The van der Waals surface area contributed by atoms with Crippen LogP contribution in [0.3, 0.4) is 0 Å². The number of piperidine rings is 1. The minimum absolute atomic E-state index is 0.0289. The highest BCUT2D eigenvalue weighted by Crippen LogP contribution is 2.33. The average Bonchev–Trinajstić information content (AvgIpc) is 2.94. The molecule has 2 amide bonds. The van der Waals surface area contributed by atoms with Gasteiger partial charge in [0, 0.05) is 25.4 Å². The molecule has 1 atom stereocenters. The van der Waals surface area contributed by atoms with Gasteiger partial charge in [-0.15, -0.1) is 10.2 Å². The van der Waals surface area contributed by atoms with Gasteiger partial charge in [-0.3, -0.25) is 9.59 Å². The van der Waals surface area contributed by atoms with Crippen LogP contribution in [0.2, 0.25) is 0 Å². The van der Waals surface area contributed by atoms with Gasteiger partial charge in [0.15, 0.2) is 0 Å². The molecule has 0 radical (unpaired) electrons. The molecule has 0 unspecified atom stereocenters. The predicted molar refractivity (Wildman–Crippen MR) is 77.8 cm³/mol.